The number of amides is 1. The molecule has 0 bridgehead atoms. The number of H-pyrrole nitrogens is 1. The lowest BCUT2D eigenvalue weighted by Crippen LogP contribution is -2.48. The Hall–Kier alpha value is -3.90. The second-order valence-corrected chi connectivity index (χ2v) is 10.5. The molecule has 12 heteroatoms. The van der Waals surface area contributed by atoms with Gasteiger partial charge >= 0.3 is 0 Å². The highest BCUT2D eigenvalue weighted by Gasteiger charge is 2.43. The van der Waals surface area contributed by atoms with E-state index in [-0.39, 0.29) is 23.4 Å². The fraction of sp³-hybridized carbons (Fsp3) is 0.120. The Bertz CT molecular complexity index is 1620. The van der Waals surface area contributed by atoms with Crippen LogP contribution in [0.2, 0.25) is 5.02 Å². The molecule has 1 aromatic heterocycles. The molecular weight excluding hydrogens is 520 g/mol. The van der Waals surface area contributed by atoms with Crippen LogP contribution in [0.4, 0.5) is 0 Å². The predicted octanol–water partition coefficient (Wildman–Crippen LogP) is 3.40. The Labute approximate surface area is 216 Å². The molecule has 0 fully saturated rings. The molecule has 37 heavy (non-hydrogen) atoms. The van der Waals surface area contributed by atoms with Gasteiger partial charge in [0.1, 0.15) is 17.5 Å². The number of hydroxylamine groups is 1. The van der Waals surface area contributed by atoms with E-state index in [9.17, 15) is 23.2 Å². The van der Waals surface area contributed by atoms with Gasteiger partial charge in [0, 0.05) is 18.7 Å². The van der Waals surface area contributed by atoms with Crippen LogP contribution in [0.25, 0.3) is 5.69 Å². The number of carbonyl (C=O) groups is 1. The summed E-state index contributed by atoms with van der Waals surface area (Å²) in [7, 11) is -4.26. The molecular formula is C25H21ClN4O6S. The van der Waals surface area contributed by atoms with Crippen LogP contribution >= 0.6 is 11.6 Å². The summed E-state index contributed by atoms with van der Waals surface area (Å²) >= 11 is 6.12. The average molecular weight is 541 g/mol. The maximum Gasteiger partial charge on any atom is 0.276 e. The van der Waals surface area contributed by atoms with Gasteiger partial charge in [0.15, 0.2) is 0 Å². The molecule has 1 aliphatic rings. The van der Waals surface area contributed by atoms with E-state index in [4.69, 9.17) is 16.3 Å². The molecule has 2 heterocycles. The first-order chi connectivity index (χ1) is 17.8. The third kappa shape index (κ3) is 4.53. The number of aromatic amines is 1. The normalized spacial score (nSPS) is 15.7. The average Bonchev–Trinajstić information content (AvgIpc) is 3.26. The third-order valence-corrected chi connectivity index (χ3v) is 8.21. The van der Waals surface area contributed by atoms with Crippen molar-refractivity contribution in [1.29, 1.82) is 0 Å². The van der Waals surface area contributed by atoms with Crippen molar-refractivity contribution in [3.05, 3.63) is 105 Å². The van der Waals surface area contributed by atoms with Crippen molar-refractivity contribution in [2.45, 2.75) is 17.4 Å². The van der Waals surface area contributed by atoms with Crippen LogP contribution in [0.1, 0.15) is 17.3 Å². The van der Waals surface area contributed by atoms with Crippen molar-refractivity contribution in [3.63, 3.8) is 0 Å². The SMILES string of the molecule is O=C(NO)C1c2c([nH]n(-c3ccccc3)c2=O)CCN1S(=O)(=O)c1ccc(Oc2ccccc2Cl)cc1. The van der Waals surface area contributed by atoms with Gasteiger partial charge in [0.25, 0.3) is 11.5 Å². The van der Waals surface area contributed by atoms with Crippen LogP contribution in [0.5, 0.6) is 11.5 Å². The van der Waals surface area contributed by atoms with Crippen LogP contribution in [-0.4, -0.2) is 40.2 Å². The highest BCUT2D eigenvalue weighted by atomic mass is 35.5. The summed E-state index contributed by atoms with van der Waals surface area (Å²) < 4.78 is 35.1. The lowest BCUT2D eigenvalue weighted by Gasteiger charge is -2.32. The summed E-state index contributed by atoms with van der Waals surface area (Å²) in [5.41, 5.74) is 1.81. The Balaban J connectivity index is 1.50. The van der Waals surface area contributed by atoms with E-state index < -0.39 is 27.5 Å². The highest BCUT2D eigenvalue weighted by Crippen LogP contribution is 2.34. The minimum Gasteiger partial charge on any atom is -0.456 e. The van der Waals surface area contributed by atoms with Gasteiger partial charge in [0.05, 0.1) is 21.2 Å². The number of hydrogen-bond acceptors (Lipinski definition) is 6. The van der Waals surface area contributed by atoms with E-state index in [1.54, 1.807) is 54.6 Å². The summed E-state index contributed by atoms with van der Waals surface area (Å²) in [5.74, 6) is -0.279. The first-order valence-electron chi connectivity index (χ1n) is 11.2. The lowest BCUT2D eigenvalue weighted by molar-refractivity contribution is -0.133. The number of nitrogens with one attached hydrogen (secondary N) is 2. The second kappa shape index (κ2) is 9.87. The summed E-state index contributed by atoms with van der Waals surface area (Å²) in [6, 6.07) is 19.6. The molecule has 1 unspecified atom stereocenters. The first-order valence-corrected chi connectivity index (χ1v) is 13.0. The van der Waals surface area contributed by atoms with Gasteiger partial charge in [0.2, 0.25) is 10.0 Å². The fourth-order valence-corrected chi connectivity index (χ4v) is 6.01. The van der Waals surface area contributed by atoms with E-state index in [0.717, 1.165) is 4.31 Å². The Morgan fingerprint density at radius 2 is 1.70 bits per heavy atom. The molecule has 1 aliphatic heterocycles. The molecule has 0 saturated heterocycles. The van der Waals surface area contributed by atoms with Crippen LogP contribution in [0.15, 0.2) is 88.6 Å². The standard InChI is InChI=1S/C25H21ClN4O6S/c26-19-8-4-5-9-21(19)36-17-10-12-18(13-11-17)37(34,35)29-15-14-20-22(23(29)24(31)28-33)25(32)30(27-20)16-6-2-1-3-7-16/h1-13,23,27,33H,14-15H2,(H,28,31). The summed E-state index contributed by atoms with van der Waals surface area (Å²) in [5, 5.41) is 12.8. The molecule has 1 amide bonds. The number of ether oxygens (including phenoxy) is 1. The maximum atomic E-state index is 13.6. The largest absolute Gasteiger partial charge is 0.456 e. The lowest BCUT2D eigenvalue weighted by atomic mass is 10.0. The molecule has 10 nitrogen and oxygen atoms in total. The van der Waals surface area contributed by atoms with Crippen LogP contribution in [0, 0.1) is 0 Å². The zero-order valence-corrected chi connectivity index (χ0v) is 20.7. The van der Waals surface area contributed by atoms with Crippen LogP contribution in [-0.2, 0) is 21.2 Å². The zero-order chi connectivity index (χ0) is 26.2. The summed E-state index contributed by atoms with van der Waals surface area (Å²) in [4.78, 5) is 26.0. The number of carbonyl (C=O) groups excluding carboxylic acids is 1. The highest BCUT2D eigenvalue weighted by molar-refractivity contribution is 7.89. The van der Waals surface area contributed by atoms with E-state index in [0.29, 0.717) is 27.9 Å². The van der Waals surface area contributed by atoms with Gasteiger partial charge in [-0.2, -0.15) is 4.31 Å². The molecule has 190 valence electrons. The second-order valence-electron chi connectivity index (χ2n) is 8.23. The van der Waals surface area contributed by atoms with Gasteiger partial charge in [-0.25, -0.2) is 18.6 Å². The molecule has 4 aromatic rings. The van der Waals surface area contributed by atoms with E-state index >= 15 is 0 Å². The number of benzene rings is 3. The molecule has 5 rings (SSSR count). The molecule has 3 aromatic carbocycles. The minimum absolute atomic E-state index is 0.0519. The van der Waals surface area contributed by atoms with Gasteiger partial charge < -0.3 is 4.74 Å². The molecule has 1 atom stereocenters. The third-order valence-electron chi connectivity index (χ3n) is 6.02. The monoisotopic (exact) mass is 540 g/mol. The number of aromatic nitrogens is 2. The number of para-hydroxylation sites is 2. The Kier molecular flexibility index (Phi) is 6.61. The molecule has 3 N–H and O–H groups in total. The minimum atomic E-state index is -4.26. The van der Waals surface area contributed by atoms with E-state index in [2.05, 4.69) is 5.10 Å². The number of halogens is 1. The fourth-order valence-electron chi connectivity index (χ4n) is 4.27. The predicted molar refractivity (Wildman–Crippen MR) is 135 cm³/mol. The zero-order valence-electron chi connectivity index (χ0n) is 19.2. The number of nitrogens with zero attached hydrogens (tertiary/aromatic N) is 2. The Morgan fingerprint density at radius 3 is 2.38 bits per heavy atom. The smallest absolute Gasteiger partial charge is 0.276 e. The Morgan fingerprint density at radius 1 is 1.03 bits per heavy atom. The molecule has 0 radical (unpaired) electrons. The van der Waals surface area contributed by atoms with Crippen LogP contribution < -0.4 is 15.8 Å². The number of sulfonamides is 1. The van der Waals surface area contributed by atoms with Crippen molar-refractivity contribution < 1.29 is 23.2 Å². The van der Waals surface area contributed by atoms with E-state index in [1.165, 1.54) is 34.4 Å². The summed E-state index contributed by atoms with van der Waals surface area (Å²) in [6.45, 7) is -0.0972. The number of rotatable bonds is 6. The van der Waals surface area contributed by atoms with Crippen LogP contribution in [0.3, 0.4) is 0 Å². The molecule has 0 aliphatic carbocycles. The first kappa shape index (κ1) is 24.8. The quantitative estimate of drug-likeness (QED) is 0.253. The van der Waals surface area contributed by atoms with Gasteiger partial charge in [-0.15, -0.1) is 0 Å². The molecule has 0 saturated carbocycles. The van der Waals surface area contributed by atoms with Gasteiger partial charge in [-0.1, -0.05) is 41.9 Å². The maximum absolute atomic E-state index is 13.6. The van der Waals surface area contributed by atoms with Crippen molar-refractivity contribution >= 4 is 27.5 Å². The molecule has 0 spiro atoms. The van der Waals surface area contributed by atoms with Gasteiger partial charge in [-0.05, 0) is 48.5 Å². The van der Waals surface area contributed by atoms with Crippen molar-refractivity contribution in [2.24, 2.45) is 0 Å². The van der Waals surface area contributed by atoms with Crippen molar-refractivity contribution in [3.8, 4) is 17.2 Å². The number of fused-ring (bicyclic) bond motifs is 1. The van der Waals surface area contributed by atoms with Gasteiger partial charge in [-0.3, -0.25) is 19.9 Å². The van der Waals surface area contributed by atoms with Crippen molar-refractivity contribution in [1.82, 2.24) is 19.6 Å². The van der Waals surface area contributed by atoms with E-state index in [1.807, 2.05) is 0 Å². The summed E-state index contributed by atoms with van der Waals surface area (Å²) in [6.07, 6.45) is 0.159. The topological polar surface area (TPSA) is 134 Å². The number of hydrogen-bond donors (Lipinski definition) is 3. The van der Waals surface area contributed by atoms with Crippen molar-refractivity contribution in [2.75, 3.05) is 6.54 Å².